The average molecular weight is 431 g/mol. The number of hydrogen-bond donors (Lipinski definition) is 0. The Morgan fingerprint density at radius 1 is 0.870 bits per heavy atom. The molecule has 0 amide bonds. The number of pyridine rings is 1. The van der Waals surface area contributed by atoms with E-state index >= 15 is 0 Å². The van der Waals surface area contributed by atoms with Gasteiger partial charge in [0.1, 0.15) is 5.69 Å². The quantitative estimate of drug-likeness (QED) is 0.472. The molecule has 3 aromatic rings. The van der Waals surface area contributed by atoms with Crippen molar-refractivity contribution in [2.75, 3.05) is 0 Å². The van der Waals surface area contributed by atoms with Gasteiger partial charge in [0.05, 0.1) is 5.69 Å². The van der Waals surface area contributed by atoms with Gasteiger partial charge in [-0.1, -0.05) is 56.1 Å². The number of aromatic nitrogens is 1. The van der Waals surface area contributed by atoms with Crippen molar-refractivity contribution in [2.24, 2.45) is 0 Å². The number of carbonyl (C=O) groups excluding carboxylic acids is 1. The molecule has 0 N–H and O–H groups in total. The van der Waals surface area contributed by atoms with Crippen LogP contribution in [0.1, 0.15) is 16.1 Å². The molecule has 0 unspecified atom stereocenters. The van der Waals surface area contributed by atoms with Gasteiger partial charge >= 0.3 is 0 Å². The van der Waals surface area contributed by atoms with Gasteiger partial charge in [0.2, 0.25) is 0 Å². The van der Waals surface area contributed by atoms with Crippen molar-refractivity contribution in [3.05, 3.63) is 74.8 Å². The summed E-state index contributed by atoms with van der Waals surface area (Å²) in [5.41, 5.74) is 5.23. The van der Waals surface area contributed by atoms with E-state index in [2.05, 4.69) is 36.8 Å². The van der Waals surface area contributed by atoms with Crippen LogP contribution in [0.15, 0.2) is 63.5 Å². The number of hydrogen-bond acceptors (Lipinski definition) is 2. The zero-order chi connectivity index (χ0) is 16.4. The average Bonchev–Trinajstić information content (AvgIpc) is 2.57. The third-order valence-corrected chi connectivity index (χ3v) is 4.77. The fraction of sp³-hybridized carbons (Fsp3) is 0.0526. The van der Waals surface area contributed by atoms with Crippen LogP contribution in [-0.2, 0) is 0 Å². The Kier molecular flexibility index (Phi) is 4.74. The molecule has 0 aliphatic carbocycles. The van der Waals surface area contributed by atoms with Crippen LogP contribution in [0.25, 0.3) is 22.4 Å². The van der Waals surface area contributed by atoms with E-state index in [0.717, 1.165) is 43.2 Å². The van der Waals surface area contributed by atoms with E-state index < -0.39 is 0 Å². The zero-order valence-electron chi connectivity index (χ0n) is 12.4. The van der Waals surface area contributed by atoms with Crippen molar-refractivity contribution in [3.8, 4) is 22.4 Å². The lowest BCUT2D eigenvalue weighted by atomic mass is 9.97. The third-order valence-electron chi connectivity index (χ3n) is 3.72. The van der Waals surface area contributed by atoms with Crippen molar-refractivity contribution in [3.63, 3.8) is 0 Å². The van der Waals surface area contributed by atoms with Crippen molar-refractivity contribution >= 4 is 38.1 Å². The van der Waals surface area contributed by atoms with Crippen molar-refractivity contribution in [2.45, 2.75) is 6.92 Å². The van der Waals surface area contributed by atoms with Crippen LogP contribution in [0.3, 0.4) is 0 Å². The fourth-order valence-electron chi connectivity index (χ4n) is 2.44. The molecule has 23 heavy (non-hydrogen) atoms. The Bertz CT molecular complexity index is 856. The predicted molar refractivity (Wildman–Crippen MR) is 101 cm³/mol. The molecule has 0 spiro atoms. The largest absolute Gasteiger partial charge is 0.296 e. The smallest absolute Gasteiger partial charge is 0.168 e. The Hall–Kier alpha value is -1.78. The molecule has 2 nitrogen and oxygen atoms in total. The summed E-state index contributed by atoms with van der Waals surface area (Å²) in [4.78, 5) is 15.9. The van der Waals surface area contributed by atoms with Crippen LogP contribution in [0, 0.1) is 6.92 Å². The first-order valence-corrected chi connectivity index (χ1v) is 8.66. The number of nitrogens with zero attached hydrogens (tertiary/aromatic N) is 1. The highest BCUT2D eigenvalue weighted by atomic mass is 79.9. The van der Waals surface area contributed by atoms with Crippen LogP contribution < -0.4 is 0 Å². The summed E-state index contributed by atoms with van der Waals surface area (Å²) in [5.74, 6) is 0. The number of carbonyl (C=O) groups is 1. The van der Waals surface area contributed by atoms with Gasteiger partial charge in [-0.2, -0.15) is 0 Å². The molecule has 1 aromatic heterocycles. The molecular weight excluding hydrogens is 418 g/mol. The Morgan fingerprint density at radius 2 is 1.39 bits per heavy atom. The maximum absolute atomic E-state index is 11.4. The van der Waals surface area contributed by atoms with Crippen LogP contribution in [0.4, 0.5) is 0 Å². The minimum Gasteiger partial charge on any atom is -0.296 e. The molecule has 4 heteroatoms. The Balaban J connectivity index is 2.19. The lowest BCUT2D eigenvalue weighted by Gasteiger charge is -2.11. The van der Waals surface area contributed by atoms with Crippen LogP contribution >= 0.6 is 31.9 Å². The standard InChI is InChI=1S/C19H13Br2NO/c1-12-17(13-2-6-15(20)7-3-13)10-18(22-19(12)11-23)14-4-8-16(21)9-5-14/h2-11H,1H3. The molecule has 0 saturated heterocycles. The maximum atomic E-state index is 11.4. The zero-order valence-corrected chi connectivity index (χ0v) is 15.6. The topological polar surface area (TPSA) is 30.0 Å². The van der Waals surface area contributed by atoms with E-state index in [1.165, 1.54) is 0 Å². The van der Waals surface area contributed by atoms with Gasteiger partial charge in [-0.05, 0) is 53.9 Å². The molecular formula is C19H13Br2NO. The Labute approximate surface area is 151 Å². The summed E-state index contributed by atoms with van der Waals surface area (Å²) in [6.45, 7) is 1.93. The second-order valence-corrected chi connectivity index (χ2v) is 7.03. The van der Waals surface area contributed by atoms with E-state index in [1.807, 2.05) is 61.5 Å². The first-order chi connectivity index (χ1) is 11.1. The molecule has 114 valence electrons. The summed E-state index contributed by atoms with van der Waals surface area (Å²) in [6, 6.07) is 18.0. The molecule has 2 aromatic carbocycles. The second kappa shape index (κ2) is 6.77. The normalized spacial score (nSPS) is 10.6. The van der Waals surface area contributed by atoms with E-state index in [9.17, 15) is 4.79 Å². The summed E-state index contributed by atoms with van der Waals surface area (Å²) in [5, 5.41) is 0. The Morgan fingerprint density at radius 3 is 1.91 bits per heavy atom. The monoisotopic (exact) mass is 429 g/mol. The molecule has 0 fully saturated rings. The first-order valence-electron chi connectivity index (χ1n) is 7.07. The van der Waals surface area contributed by atoms with Gasteiger partial charge in [0.15, 0.2) is 6.29 Å². The highest BCUT2D eigenvalue weighted by molar-refractivity contribution is 9.10. The summed E-state index contributed by atoms with van der Waals surface area (Å²) in [6.07, 6.45) is 0.819. The first kappa shape index (κ1) is 16.1. The molecule has 0 radical (unpaired) electrons. The van der Waals surface area contributed by atoms with Gasteiger partial charge in [-0.3, -0.25) is 4.79 Å². The lowest BCUT2D eigenvalue weighted by molar-refractivity contribution is 0.111. The highest BCUT2D eigenvalue weighted by Gasteiger charge is 2.11. The minimum atomic E-state index is 0.475. The van der Waals surface area contributed by atoms with Crippen molar-refractivity contribution in [1.82, 2.24) is 4.98 Å². The van der Waals surface area contributed by atoms with E-state index in [4.69, 9.17) is 0 Å². The van der Waals surface area contributed by atoms with Gasteiger partial charge in [0.25, 0.3) is 0 Å². The van der Waals surface area contributed by atoms with Gasteiger partial charge in [0, 0.05) is 14.5 Å². The molecule has 0 atom stereocenters. The number of rotatable bonds is 3. The summed E-state index contributed by atoms with van der Waals surface area (Å²) in [7, 11) is 0. The predicted octanol–water partition coefficient (Wildman–Crippen LogP) is 6.06. The molecule has 1 heterocycles. The van der Waals surface area contributed by atoms with Crippen LogP contribution in [0.5, 0.6) is 0 Å². The lowest BCUT2D eigenvalue weighted by Crippen LogP contribution is -1.98. The molecule has 0 aliphatic heterocycles. The van der Waals surface area contributed by atoms with Crippen LogP contribution in [0.2, 0.25) is 0 Å². The number of halogens is 2. The number of aldehydes is 1. The molecule has 0 aliphatic rings. The fourth-order valence-corrected chi connectivity index (χ4v) is 2.97. The van der Waals surface area contributed by atoms with Crippen LogP contribution in [-0.4, -0.2) is 11.3 Å². The third kappa shape index (κ3) is 3.43. The molecule has 3 rings (SSSR count). The summed E-state index contributed by atoms with van der Waals surface area (Å²) < 4.78 is 2.04. The van der Waals surface area contributed by atoms with Gasteiger partial charge in [-0.25, -0.2) is 4.98 Å². The van der Waals surface area contributed by atoms with Gasteiger partial charge in [-0.15, -0.1) is 0 Å². The molecule has 0 bridgehead atoms. The summed E-state index contributed by atoms with van der Waals surface area (Å²) >= 11 is 6.88. The SMILES string of the molecule is Cc1c(-c2ccc(Br)cc2)cc(-c2ccc(Br)cc2)nc1C=O. The highest BCUT2D eigenvalue weighted by Crippen LogP contribution is 2.30. The second-order valence-electron chi connectivity index (χ2n) is 5.20. The van der Waals surface area contributed by atoms with E-state index in [0.29, 0.717) is 5.69 Å². The van der Waals surface area contributed by atoms with Crippen molar-refractivity contribution in [1.29, 1.82) is 0 Å². The number of benzene rings is 2. The maximum Gasteiger partial charge on any atom is 0.168 e. The van der Waals surface area contributed by atoms with Crippen molar-refractivity contribution < 1.29 is 4.79 Å². The van der Waals surface area contributed by atoms with Gasteiger partial charge < -0.3 is 0 Å². The van der Waals surface area contributed by atoms with E-state index in [-0.39, 0.29) is 0 Å². The molecule has 0 saturated carbocycles. The van der Waals surface area contributed by atoms with E-state index in [1.54, 1.807) is 0 Å². The minimum absolute atomic E-state index is 0.475.